The molecule has 1 aliphatic heterocycles. The number of thioether (sulfide) groups is 1. The number of carbonyl (C=O) groups is 4. The Kier molecular flexibility index (Phi) is 5.77. The van der Waals surface area contributed by atoms with Crippen LogP contribution >= 0.6 is 11.8 Å². The molecule has 0 fully saturated rings. The highest BCUT2D eigenvalue weighted by Crippen LogP contribution is 2.36. The van der Waals surface area contributed by atoms with Gasteiger partial charge in [0, 0.05) is 11.3 Å². The predicted octanol–water partition coefficient (Wildman–Crippen LogP) is 0.546. The van der Waals surface area contributed by atoms with E-state index in [1.807, 2.05) is 17.6 Å². The lowest BCUT2D eigenvalue weighted by atomic mass is 10.2. The summed E-state index contributed by atoms with van der Waals surface area (Å²) in [4.78, 5) is 48.2. The monoisotopic (exact) mass is 388 g/mol. The van der Waals surface area contributed by atoms with Gasteiger partial charge in [-0.15, -0.1) is 11.8 Å². The van der Waals surface area contributed by atoms with Crippen molar-refractivity contribution in [2.45, 2.75) is 23.1 Å². The van der Waals surface area contributed by atoms with Crippen molar-refractivity contribution in [3.63, 3.8) is 0 Å². The minimum atomic E-state index is -1.03. The SMILES string of the molecule is O=C(C[C@@H]1Sc2ccccc2NC1=O)NNC(=O)C(=O)NCc1ccco1. The van der Waals surface area contributed by atoms with Crippen LogP contribution < -0.4 is 21.5 Å². The van der Waals surface area contributed by atoms with Gasteiger partial charge in [0.2, 0.25) is 11.8 Å². The van der Waals surface area contributed by atoms with Crippen molar-refractivity contribution in [2.24, 2.45) is 0 Å². The van der Waals surface area contributed by atoms with Crippen LogP contribution in [0.25, 0.3) is 0 Å². The number of hydrogen-bond donors (Lipinski definition) is 4. The third kappa shape index (κ3) is 4.88. The molecule has 0 aliphatic carbocycles. The second-order valence-corrected chi connectivity index (χ2v) is 6.80. The molecule has 4 amide bonds. The molecular weight excluding hydrogens is 372 g/mol. The number of para-hydroxylation sites is 1. The smallest absolute Gasteiger partial charge is 0.327 e. The molecule has 1 aromatic heterocycles. The van der Waals surface area contributed by atoms with Crippen molar-refractivity contribution in [1.29, 1.82) is 0 Å². The maximum absolute atomic E-state index is 12.1. The third-order valence-corrected chi connectivity index (χ3v) is 4.88. The molecular formula is C17H16N4O5S. The van der Waals surface area contributed by atoms with Gasteiger partial charge in [-0.2, -0.15) is 0 Å². The molecule has 1 aromatic carbocycles. The van der Waals surface area contributed by atoms with Gasteiger partial charge in [-0.25, -0.2) is 0 Å². The first-order valence-corrected chi connectivity index (χ1v) is 8.87. The van der Waals surface area contributed by atoms with Crippen LogP contribution in [0.4, 0.5) is 5.69 Å². The number of hydrogen-bond acceptors (Lipinski definition) is 6. The van der Waals surface area contributed by atoms with Crippen LogP contribution in [0.1, 0.15) is 12.2 Å². The number of fused-ring (bicyclic) bond motifs is 1. The summed E-state index contributed by atoms with van der Waals surface area (Å²) in [7, 11) is 0. The third-order valence-electron chi connectivity index (χ3n) is 3.60. The summed E-state index contributed by atoms with van der Waals surface area (Å²) in [6, 6.07) is 10.6. The maximum atomic E-state index is 12.1. The molecule has 0 radical (unpaired) electrons. The van der Waals surface area contributed by atoms with Gasteiger partial charge in [-0.1, -0.05) is 12.1 Å². The molecule has 4 N–H and O–H groups in total. The summed E-state index contributed by atoms with van der Waals surface area (Å²) in [5.74, 6) is -2.35. The van der Waals surface area contributed by atoms with E-state index in [9.17, 15) is 19.2 Å². The number of furan rings is 1. The molecule has 3 rings (SSSR count). The summed E-state index contributed by atoms with van der Waals surface area (Å²) in [6.07, 6.45) is 1.29. The van der Waals surface area contributed by atoms with E-state index >= 15 is 0 Å². The van der Waals surface area contributed by atoms with Gasteiger partial charge in [0.25, 0.3) is 0 Å². The normalized spacial score (nSPS) is 15.3. The molecule has 2 heterocycles. The Bertz CT molecular complexity index is 868. The van der Waals surface area contributed by atoms with Crippen molar-refractivity contribution in [1.82, 2.24) is 16.2 Å². The van der Waals surface area contributed by atoms with Gasteiger partial charge >= 0.3 is 11.8 Å². The fourth-order valence-corrected chi connectivity index (χ4v) is 3.40. The summed E-state index contributed by atoms with van der Waals surface area (Å²) >= 11 is 1.27. The molecule has 0 unspecified atom stereocenters. The largest absolute Gasteiger partial charge is 0.467 e. The standard InChI is InChI=1S/C17H16N4O5S/c22-14(8-13-15(23)19-11-5-1-2-6-12(11)27-13)20-21-17(25)16(24)18-9-10-4-3-7-26-10/h1-7,13H,8-9H2,(H,18,24)(H,19,23)(H,20,22)(H,21,25)/t13-/m0/s1. The zero-order valence-corrected chi connectivity index (χ0v) is 14.8. The second kappa shape index (κ2) is 8.41. The second-order valence-electron chi connectivity index (χ2n) is 5.56. The molecule has 0 spiro atoms. The van der Waals surface area contributed by atoms with Crippen LogP contribution in [-0.2, 0) is 25.7 Å². The molecule has 27 heavy (non-hydrogen) atoms. The average molecular weight is 388 g/mol. The molecule has 9 nitrogen and oxygen atoms in total. The fraction of sp³-hybridized carbons (Fsp3) is 0.176. The van der Waals surface area contributed by atoms with Gasteiger partial charge in [-0.05, 0) is 24.3 Å². The van der Waals surface area contributed by atoms with E-state index in [1.165, 1.54) is 18.0 Å². The Balaban J connectivity index is 1.43. The molecule has 0 saturated heterocycles. The fourth-order valence-electron chi connectivity index (χ4n) is 2.29. The van der Waals surface area contributed by atoms with Crippen LogP contribution in [-0.4, -0.2) is 28.9 Å². The Morgan fingerprint density at radius 1 is 1.07 bits per heavy atom. The summed E-state index contributed by atoms with van der Waals surface area (Å²) in [5, 5.41) is 4.44. The Labute approximate surface area is 158 Å². The van der Waals surface area contributed by atoms with E-state index < -0.39 is 23.0 Å². The van der Waals surface area contributed by atoms with E-state index in [1.54, 1.807) is 24.3 Å². The van der Waals surface area contributed by atoms with Crippen molar-refractivity contribution >= 4 is 41.1 Å². The summed E-state index contributed by atoms with van der Waals surface area (Å²) in [5.41, 5.74) is 4.85. The van der Waals surface area contributed by atoms with Crippen molar-refractivity contribution in [3.05, 3.63) is 48.4 Å². The lowest BCUT2D eigenvalue weighted by Crippen LogP contribution is -2.49. The van der Waals surface area contributed by atoms with E-state index in [2.05, 4.69) is 16.1 Å². The number of amides is 4. The molecule has 10 heteroatoms. The number of benzene rings is 1. The van der Waals surface area contributed by atoms with Crippen LogP contribution in [0.3, 0.4) is 0 Å². The molecule has 2 aromatic rings. The number of carbonyl (C=O) groups excluding carboxylic acids is 4. The number of anilines is 1. The lowest BCUT2D eigenvalue weighted by Gasteiger charge is -2.23. The molecule has 1 aliphatic rings. The van der Waals surface area contributed by atoms with E-state index in [0.29, 0.717) is 11.4 Å². The quantitative estimate of drug-likeness (QED) is 0.447. The topological polar surface area (TPSA) is 130 Å². The van der Waals surface area contributed by atoms with Crippen LogP contribution in [0, 0.1) is 0 Å². The Hall–Kier alpha value is -3.27. The van der Waals surface area contributed by atoms with E-state index in [-0.39, 0.29) is 18.9 Å². The minimum absolute atomic E-state index is 0.0471. The maximum Gasteiger partial charge on any atom is 0.327 e. The highest BCUT2D eigenvalue weighted by Gasteiger charge is 2.29. The van der Waals surface area contributed by atoms with Crippen LogP contribution in [0.15, 0.2) is 52.0 Å². The van der Waals surface area contributed by atoms with Gasteiger partial charge in [0.1, 0.15) is 5.76 Å². The zero-order chi connectivity index (χ0) is 19.2. The number of nitrogens with one attached hydrogen (secondary N) is 4. The highest BCUT2D eigenvalue weighted by molar-refractivity contribution is 8.01. The summed E-state index contributed by atoms with van der Waals surface area (Å²) < 4.78 is 5.03. The Morgan fingerprint density at radius 3 is 2.67 bits per heavy atom. The van der Waals surface area contributed by atoms with Gasteiger partial charge in [-0.3, -0.25) is 30.0 Å². The summed E-state index contributed by atoms with van der Waals surface area (Å²) in [6.45, 7) is 0.0471. The highest BCUT2D eigenvalue weighted by atomic mass is 32.2. The van der Waals surface area contributed by atoms with Gasteiger partial charge < -0.3 is 15.1 Å². The molecule has 0 bridgehead atoms. The van der Waals surface area contributed by atoms with Crippen molar-refractivity contribution < 1.29 is 23.6 Å². The van der Waals surface area contributed by atoms with Gasteiger partial charge in [0.15, 0.2) is 0 Å². The molecule has 1 atom stereocenters. The van der Waals surface area contributed by atoms with Crippen molar-refractivity contribution in [3.8, 4) is 0 Å². The van der Waals surface area contributed by atoms with Crippen LogP contribution in [0.5, 0.6) is 0 Å². The first-order chi connectivity index (χ1) is 13.0. The predicted molar refractivity (Wildman–Crippen MR) is 96.2 cm³/mol. The average Bonchev–Trinajstić information content (AvgIpc) is 3.18. The number of hydrazine groups is 1. The van der Waals surface area contributed by atoms with Gasteiger partial charge in [0.05, 0.1) is 23.7 Å². The molecule has 140 valence electrons. The minimum Gasteiger partial charge on any atom is -0.467 e. The van der Waals surface area contributed by atoms with E-state index in [4.69, 9.17) is 4.42 Å². The van der Waals surface area contributed by atoms with Crippen molar-refractivity contribution in [2.75, 3.05) is 5.32 Å². The Morgan fingerprint density at radius 2 is 1.89 bits per heavy atom. The zero-order valence-electron chi connectivity index (χ0n) is 14.0. The van der Waals surface area contributed by atoms with E-state index in [0.717, 1.165) is 4.90 Å². The lowest BCUT2D eigenvalue weighted by molar-refractivity contribution is -0.141. The molecule has 0 saturated carbocycles. The first-order valence-electron chi connectivity index (χ1n) is 7.99. The van der Waals surface area contributed by atoms with Crippen LogP contribution in [0.2, 0.25) is 0 Å². The first kappa shape index (κ1) is 18.5. The number of rotatable bonds is 4.